The number of hydrogen-bond donors (Lipinski definition) is 1. The molecule has 0 radical (unpaired) electrons. The summed E-state index contributed by atoms with van der Waals surface area (Å²) in [6.45, 7) is 2.82. The molecule has 0 fully saturated rings. The molecule has 0 aromatic heterocycles. The van der Waals surface area contributed by atoms with E-state index in [0.717, 1.165) is 29.0 Å². The van der Waals surface area contributed by atoms with Gasteiger partial charge in [-0.3, -0.25) is 4.79 Å². The van der Waals surface area contributed by atoms with E-state index in [1.54, 1.807) is 0 Å². The van der Waals surface area contributed by atoms with Crippen LogP contribution >= 0.6 is 0 Å². The Morgan fingerprint density at radius 3 is 2.91 bits per heavy atom. The third kappa shape index (κ3) is 4.16. The fraction of sp³-hybridized carbons (Fsp3) is 0.278. The molecule has 1 aliphatic heterocycles. The van der Waals surface area contributed by atoms with E-state index in [9.17, 15) is 4.79 Å². The van der Waals surface area contributed by atoms with Gasteiger partial charge in [0.05, 0.1) is 0 Å². The lowest BCUT2D eigenvalue weighted by Crippen LogP contribution is -2.30. The zero-order valence-electron chi connectivity index (χ0n) is 13.0. The van der Waals surface area contributed by atoms with Gasteiger partial charge in [-0.1, -0.05) is 18.2 Å². The maximum atomic E-state index is 11.8. The molecule has 120 valence electrons. The topological polar surface area (TPSA) is 56.8 Å². The lowest BCUT2D eigenvalue weighted by Gasteiger charge is -2.08. The molecular weight excluding hydrogens is 294 g/mol. The minimum Gasteiger partial charge on any atom is -0.484 e. The molecule has 5 nitrogen and oxygen atoms in total. The Labute approximate surface area is 135 Å². The van der Waals surface area contributed by atoms with Crippen molar-refractivity contribution in [3.05, 3.63) is 53.6 Å². The first-order valence-corrected chi connectivity index (χ1v) is 7.55. The summed E-state index contributed by atoms with van der Waals surface area (Å²) in [6, 6.07) is 13.4. The Hall–Kier alpha value is -2.69. The first kappa shape index (κ1) is 15.2. The summed E-state index contributed by atoms with van der Waals surface area (Å²) in [5, 5.41) is 2.85. The van der Waals surface area contributed by atoms with Gasteiger partial charge in [-0.15, -0.1) is 0 Å². The maximum absolute atomic E-state index is 11.8. The van der Waals surface area contributed by atoms with Crippen molar-refractivity contribution in [2.75, 3.05) is 19.9 Å². The number of carbonyl (C=O) groups excluding carboxylic acids is 1. The van der Waals surface area contributed by atoms with Crippen molar-refractivity contribution < 1.29 is 19.0 Å². The van der Waals surface area contributed by atoms with Crippen molar-refractivity contribution in [3.8, 4) is 17.2 Å². The summed E-state index contributed by atoms with van der Waals surface area (Å²) in [4.78, 5) is 11.8. The molecule has 1 N–H and O–H groups in total. The fourth-order valence-electron chi connectivity index (χ4n) is 2.35. The van der Waals surface area contributed by atoms with Crippen LogP contribution in [0.25, 0.3) is 0 Å². The quantitative estimate of drug-likeness (QED) is 0.890. The van der Waals surface area contributed by atoms with Crippen LogP contribution in [0.3, 0.4) is 0 Å². The third-order valence-electron chi connectivity index (χ3n) is 3.53. The number of aryl methyl sites for hydroxylation is 1. The summed E-state index contributed by atoms with van der Waals surface area (Å²) >= 11 is 0. The van der Waals surface area contributed by atoms with E-state index in [0.29, 0.717) is 12.3 Å². The van der Waals surface area contributed by atoms with Crippen molar-refractivity contribution in [1.82, 2.24) is 5.32 Å². The molecule has 0 saturated carbocycles. The minimum atomic E-state index is -0.132. The fourth-order valence-corrected chi connectivity index (χ4v) is 2.35. The molecule has 1 heterocycles. The van der Waals surface area contributed by atoms with Gasteiger partial charge < -0.3 is 19.5 Å². The van der Waals surface area contributed by atoms with Crippen LogP contribution in [0.15, 0.2) is 42.5 Å². The summed E-state index contributed by atoms with van der Waals surface area (Å²) in [7, 11) is 0. The van der Waals surface area contributed by atoms with Crippen LogP contribution in [0.5, 0.6) is 17.2 Å². The van der Waals surface area contributed by atoms with Gasteiger partial charge in [-0.2, -0.15) is 0 Å². The molecule has 2 aromatic rings. The molecule has 0 saturated heterocycles. The molecule has 2 aromatic carbocycles. The van der Waals surface area contributed by atoms with Crippen LogP contribution in [-0.2, 0) is 11.2 Å². The number of amides is 1. The maximum Gasteiger partial charge on any atom is 0.257 e. The average molecular weight is 313 g/mol. The van der Waals surface area contributed by atoms with Crippen LogP contribution in [0.2, 0.25) is 0 Å². The van der Waals surface area contributed by atoms with Gasteiger partial charge in [-0.25, -0.2) is 0 Å². The van der Waals surface area contributed by atoms with E-state index in [2.05, 4.69) is 5.32 Å². The highest BCUT2D eigenvalue weighted by Gasteiger charge is 2.13. The van der Waals surface area contributed by atoms with Crippen molar-refractivity contribution in [2.45, 2.75) is 13.3 Å². The molecule has 0 spiro atoms. The average Bonchev–Trinajstić information content (AvgIpc) is 3.01. The Bertz CT molecular complexity index is 699. The molecule has 0 aliphatic carbocycles. The predicted molar refractivity (Wildman–Crippen MR) is 86.0 cm³/mol. The number of ether oxygens (including phenoxy) is 3. The lowest BCUT2D eigenvalue weighted by molar-refractivity contribution is -0.123. The zero-order chi connectivity index (χ0) is 16.1. The zero-order valence-corrected chi connectivity index (χ0v) is 13.0. The van der Waals surface area contributed by atoms with Gasteiger partial charge >= 0.3 is 0 Å². The van der Waals surface area contributed by atoms with E-state index < -0.39 is 0 Å². The van der Waals surface area contributed by atoms with E-state index in [-0.39, 0.29) is 19.3 Å². The van der Waals surface area contributed by atoms with Crippen LogP contribution < -0.4 is 19.5 Å². The van der Waals surface area contributed by atoms with Gasteiger partial charge in [0.15, 0.2) is 18.1 Å². The number of carbonyl (C=O) groups is 1. The number of nitrogens with one attached hydrogen (secondary N) is 1. The highest BCUT2D eigenvalue weighted by molar-refractivity contribution is 5.77. The SMILES string of the molecule is Cc1cccc(OCC(=O)NCCc2ccc3c(c2)OCO3)c1. The van der Waals surface area contributed by atoms with Crippen LogP contribution in [-0.4, -0.2) is 25.9 Å². The predicted octanol–water partition coefficient (Wildman–Crippen LogP) is 2.46. The third-order valence-corrected chi connectivity index (χ3v) is 3.53. The van der Waals surface area contributed by atoms with Crippen molar-refractivity contribution >= 4 is 5.91 Å². The second-order valence-electron chi connectivity index (χ2n) is 5.39. The molecule has 0 bridgehead atoms. The minimum absolute atomic E-state index is 0.0184. The highest BCUT2D eigenvalue weighted by atomic mass is 16.7. The molecule has 3 rings (SSSR count). The number of hydrogen-bond acceptors (Lipinski definition) is 4. The standard InChI is InChI=1S/C18H19NO4/c1-13-3-2-4-15(9-13)21-11-18(20)19-8-7-14-5-6-16-17(10-14)23-12-22-16/h2-6,9-10H,7-8,11-12H2,1H3,(H,19,20). The van der Waals surface area contributed by atoms with Crippen molar-refractivity contribution in [3.63, 3.8) is 0 Å². The Morgan fingerprint density at radius 1 is 1.17 bits per heavy atom. The highest BCUT2D eigenvalue weighted by Crippen LogP contribution is 2.32. The molecule has 1 amide bonds. The van der Waals surface area contributed by atoms with E-state index in [4.69, 9.17) is 14.2 Å². The first-order valence-electron chi connectivity index (χ1n) is 7.55. The lowest BCUT2D eigenvalue weighted by atomic mass is 10.1. The number of fused-ring (bicyclic) bond motifs is 1. The normalized spacial score (nSPS) is 12.0. The summed E-state index contributed by atoms with van der Waals surface area (Å²) in [5.41, 5.74) is 2.19. The van der Waals surface area contributed by atoms with Crippen LogP contribution in [0.4, 0.5) is 0 Å². The molecular formula is C18H19NO4. The van der Waals surface area contributed by atoms with Crippen molar-refractivity contribution in [1.29, 1.82) is 0 Å². The molecule has 1 aliphatic rings. The second kappa shape index (κ2) is 7.05. The van der Waals surface area contributed by atoms with Gasteiger partial charge in [-0.05, 0) is 48.7 Å². The Kier molecular flexibility index (Phi) is 4.66. The number of rotatable bonds is 6. The van der Waals surface area contributed by atoms with Gasteiger partial charge in [0.25, 0.3) is 5.91 Å². The van der Waals surface area contributed by atoms with Crippen LogP contribution in [0.1, 0.15) is 11.1 Å². The smallest absolute Gasteiger partial charge is 0.257 e. The van der Waals surface area contributed by atoms with Gasteiger partial charge in [0.2, 0.25) is 6.79 Å². The Morgan fingerprint density at radius 2 is 2.04 bits per heavy atom. The summed E-state index contributed by atoms with van der Waals surface area (Å²) in [6.07, 6.45) is 0.729. The second-order valence-corrected chi connectivity index (χ2v) is 5.39. The molecule has 0 atom stereocenters. The molecule has 23 heavy (non-hydrogen) atoms. The summed E-state index contributed by atoms with van der Waals surface area (Å²) < 4.78 is 16.1. The largest absolute Gasteiger partial charge is 0.484 e. The van der Waals surface area contributed by atoms with Crippen LogP contribution in [0, 0.1) is 6.92 Å². The molecule has 0 unspecified atom stereocenters. The van der Waals surface area contributed by atoms with E-state index in [1.807, 2.05) is 49.4 Å². The van der Waals surface area contributed by atoms with E-state index in [1.165, 1.54) is 0 Å². The number of benzene rings is 2. The van der Waals surface area contributed by atoms with Crippen molar-refractivity contribution in [2.24, 2.45) is 0 Å². The van der Waals surface area contributed by atoms with E-state index >= 15 is 0 Å². The van der Waals surface area contributed by atoms with Gasteiger partial charge in [0, 0.05) is 6.54 Å². The Balaban J connectivity index is 1.41. The first-order chi connectivity index (χ1) is 11.2. The molecule has 5 heteroatoms. The van der Waals surface area contributed by atoms with Gasteiger partial charge in [0.1, 0.15) is 5.75 Å². The monoisotopic (exact) mass is 313 g/mol. The summed E-state index contributed by atoms with van der Waals surface area (Å²) in [5.74, 6) is 2.10.